The first-order valence-corrected chi connectivity index (χ1v) is 10.0. The topological polar surface area (TPSA) is 17.1 Å². The van der Waals surface area contributed by atoms with Gasteiger partial charge in [-0.2, -0.15) is 0 Å². The summed E-state index contributed by atoms with van der Waals surface area (Å²) in [5, 5.41) is 0. The largest absolute Gasteiger partial charge is 0.294 e. The molecule has 1 aromatic carbocycles. The second kappa shape index (κ2) is 14.0. The van der Waals surface area contributed by atoms with Crippen molar-refractivity contribution in [2.75, 3.05) is 0 Å². The van der Waals surface area contributed by atoms with Gasteiger partial charge in [0.15, 0.2) is 5.78 Å². The predicted octanol–water partition coefficient (Wildman–Crippen LogP) is 7.37. The standard InChI is InChI=1S/C23H36O/c1-3-5-7-9-10-13-17-21(16-12-8-6-4-2)20-23(24)22-18-14-11-15-19-22/h11,13-15,17-19,21H,3-10,12,16,20H2,1-2H3/b17-13+/t21-/m1/s1. The normalized spacial score (nSPS) is 12.6. The number of hydrogen-bond donors (Lipinski definition) is 0. The van der Waals surface area contributed by atoms with Crippen molar-refractivity contribution in [3.63, 3.8) is 0 Å². The van der Waals surface area contributed by atoms with E-state index in [-0.39, 0.29) is 5.78 Å². The van der Waals surface area contributed by atoms with Gasteiger partial charge in [0, 0.05) is 12.0 Å². The second-order valence-electron chi connectivity index (χ2n) is 6.88. The molecule has 1 rings (SSSR count). The molecule has 24 heavy (non-hydrogen) atoms. The van der Waals surface area contributed by atoms with Crippen LogP contribution in [-0.4, -0.2) is 5.78 Å². The van der Waals surface area contributed by atoms with Gasteiger partial charge >= 0.3 is 0 Å². The van der Waals surface area contributed by atoms with E-state index >= 15 is 0 Å². The smallest absolute Gasteiger partial charge is 0.163 e. The van der Waals surface area contributed by atoms with Gasteiger partial charge in [-0.3, -0.25) is 4.79 Å². The van der Waals surface area contributed by atoms with Gasteiger partial charge in [-0.05, 0) is 25.2 Å². The summed E-state index contributed by atoms with van der Waals surface area (Å²) in [5.74, 6) is 0.687. The van der Waals surface area contributed by atoms with Gasteiger partial charge in [0.1, 0.15) is 0 Å². The lowest BCUT2D eigenvalue weighted by Gasteiger charge is -2.12. The third kappa shape index (κ3) is 9.70. The van der Waals surface area contributed by atoms with Gasteiger partial charge in [-0.1, -0.05) is 101 Å². The maximum atomic E-state index is 12.5. The zero-order valence-electron chi connectivity index (χ0n) is 15.8. The van der Waals surface area contributed by atoms with Crippen LogP contribution in [0.4, 0.5) is 0 Å². The molecular formula is C23H36O. The third-order valence-electron chi connectivity index (χ3n) is 4.60. The highest BCUT2D eigenvalue weighted by molar-refractivity contribution is 5.96. The second-order valence-corrected chi connectivity index (χ2v) is 6.88. The SMILES string of the molecule is CCCCCC/C=C/[C@@H](CCCCCC)CC(=O)c1ccccc1. The zero-order valence-corrected chi connectivity index (χ0v) is 15.8. The number of hydrogen-bond acceptors (Lipinski definition) is 1. The molecule has 0 unspecified atom stereocenters. The van der Waals surface area contributed by atoms with E-state index in [9.17, 15) is 4.79 Å². The van der Waals surface area contributed by atoms with Crippen LogP contribution in [0.1, 0.15) is 94.8 Å². The summed E-state index contributed by atoms with van der Waals surface area (Å²) in [6.45, 7) is 4.49. The number of carbonyl (C=O) groups is 1. The minimum absolute atomic E-state index is 0.284. The molecule has 0 saturated carbocycles. The summed E-state index contributed by atoms with van der Waals surface area (Å²) in [6.07, 6.45) is 17.9. The number of carbonyl (C=O) groups excluding carboxylic acids is 1. The van der Waals surface area contributed by atoms with Crippen molar-refractivity contribution in [2.45, 2.75) is 84.5 Å². The van der Waals surface area contributed by atoms with Crippen molar-refractivity contribution in [3.05, 3.63) is 48.0 Å². The van der Waals surface area contributed by atoms with Crippen molar-refractivity contribution < 1.29 is 4.79 Å². The Kier molecular flexibility index (Phi) is 12.1. The molecule has 0 bridgehead atoms. The van der Waals surface area contributed by atoms with Crippen molar-refractivity contribution in [2.24, 2.45) is 5.92 Å². The molecule has 0 N–H and O–H groups in total. The number of benzene rings is 1. The average Bonchev–Trinajstić information content (AvgIpc) is 2.62. The third-order valence-corrected chi connectivity index (χ3v) is 4.60. The summed E-state index contributed by atoms with van der Waals surface area (Å²) in [5.41, 5.74) is 0.854. The van der Waals surface area contributed by atoms with Crippen molar-refractivity contribution >= 4 is 5.78 Å². The van der Waals surface area contributed by atoms with E-state index in [1.807, 2.05) is 30.3 Å². The first-order chi connectivity index (χ1) is 11.8. The first kappa shape index (κ1) is 20.7. The fraction of sp³-hybridized carbons (Fsp3) is 0.609. The Hall–Kier alpha value is -1.37. The summed E-state index contributed by atoms with van der Waals surface area (Å²) in [7, 11) is 0. The maximum absolute atomic E-state index is 12.5. The van der Waals surface area contributed by atoms with E-state index < -0.39 is 0 Å². The van der Waals surface area contributed by atoms with Gasteiger partial charge in [0.25, 0.3) is 0 Å². The van der Waals surface area contributed by atoms with Crippen LogP contribution in [0, 0.1) is 5.92 Å². The highest BCUT2D eigenvalue weighted by Gasteiger charge is 2.12. The molecule has 0 heterocycles. The highest BCUT2D eigenvalue weighted by atomic mass is 16.1. The van der Waals surface area contributed by atoms with Crippen LogP contribution in [0.15, 0.2) is 42.5 Å². The molecule has 134 valence electrons. The quantitative estimate of drug-likeness (QED) is 0.198. The summed E-state index contributed by atoms with van der Waals surface area (Å²) < 4.78 is 0. The monoisotopic (exact) mass is 328 g/mol. The Balaban J connectivity index is 2.47. The number of unbranched alkanes of at least 4 members (excludes halogenated alkanes) is 7. The first-order valence-electron chi connectivity index (χ1n) is 10.0. The molecule has 1 heteroatoms. The van der Waals surface area contributed by atoms with Crippen LogP contribution in [0.3, 0.4) is 0 Å². The van der Waals surface area contributed by atoms with Gasteiger partial charge in [-0.15, -0.1) is 0 Å². The van der Waals surface area contributed by atoms with Gasteiger partial charge in [-0.25, -0.2) is 0 Å². The van der Waals surface area contributed by atoms with Crippen LogP contribution in [0.25, 0.3) is 0 Å². The Morgan fingerprint density at radius 1 is 0.917 bits per heavy atom. The fourth-order valence-corrected chi connectivity index (χ4v) is 3.06. The number of ketones is 1. The molecule has 1 nitrogen and oxygen atoms in total. The van der Waals surface area contributed by atoms with E-state index in [0.717, 1.165) is 18.4 Å². The van der Waals surface area contributed by atoms with Gasteiger partial charge in [0.05, 0.1) is 0 Å². The van der Waals surface area contributed by atoms with Crippen molar-refractivity contribution in [3.8, 4) is 0 Å². The molecule has 0 fully saturated rings. The molecule has 0 aliphatic carbocycles. The molecule has 0 radical (unpaired) electrons. The van der Waals surface area contributed by atoms with E-state index in [4.69, 9.17) is 0 Å². The minimum Gasteiger partial charge on any atom is -0.294 e. The average molecular weight is 329 g/mol. The van der Waals surface area contributed by atoms with E-state index in [1.54, 1.807) is 0 Å². The lowest BCUT2D eigenvalue weighted by molar-refractivity contribution is 0.0967. The zero-order chi connectivity index (χ0) is 17.5. The number of rotatable bonds is 14. The molecule has 0 spiro atoms. The van der Waals surface area contributed by atoms with E-state index in [0.29, 0.717) is 12.3 Å². The predicted molar refractivity (Wildman–Crippen MR) is 106 cm³/mol. The van der Waals surface area contributed by atoms with Crippen LogP contribution in [0.5, 0.6) is 0 Å². The van der Waals surface area contributed by atoms with Crippen molar-refractivity contribution in [1.82, 2.24) is 0 Å². The molecule has 0 aliphatic heterocycles. The van der Waals surface area contributed by atoms with Crippen LogP contribution in [-0.2, 0) is 0 Å². The fourth-order valence-electron chi connectivity index (χ4n) is 3.06. The lowest BCUT2D eigenvalue weighted by Crippen LogP contribution is -2.07. The molecular weight excluding hydrogens is 292 g/mol. The molecule has 1 atom stereocenters. The molecule has 0 aliphatic rings. The van der Waals surface area contributed by atoms with E-state index in [2.05, 4.69) is 26.0 Å². The summed E-state index contributed by atoms with van der Waals surface area (Å²) in [6, 6.07) is 9.74. The molecule has 0 aromatic heterocycles. The minimum atomic E-state index is 0.284. The van der Waals surface area contributed by atoms with Crippen LogP contribution < -0.4 is 0 Å². The van der Waals surface area contributed by atoms with Crippen molar-refractivity contribution in [1.29, 1.82) is 0 Å². The molecule has 0 amide bonds. The highest BCUT2D eigenvalue weighted by Crippen LogP contribution is 2.19. The Bertz CT molecular complexity index is 446. The summed E-state index contributed by atoms with van der Waals surface area (Å²) in [4.78, 5) is 12.5. The lowest BCUT2D eigenvalue weighted by atomic mass is 9.92. The molecule has 1 aromatic rings. The molecule has 0 saturated heterocycles. The van der Waals surface area contributed by atoms with Gasteiger partial charge in [0.2, 0.25) is 0 Å². The Morgan fingerprint density at radius 3 is 2.25 bits per heavy atom. The Morgan fingerprint density at radius 2 is 1.58 bits per heavy atom. The van der Waals surface area contributed by atoms with Crippen LogP contribution >= 0.6 is 0 Å². The van der Waals surface area contributed by atoms with Crippen LogP contribution in [0.2, 0.25) is 0 Å². The number of Topliss-reactive ketones (excluding diaryl/α,β-unsaturated/α-hetero) is 1. The maximum Gasteiger partial charge on any atom is 0.163 e. The van der Waals surface area contributed by atoms with E-state index in [1.165, 1.54) is 51.4 Å². The Labute approximate surface area is 149 Å². The van der Waals surface area contributed by atoms with Gasteiger partial charge < -0.3 is 0 Å². The number of allylic oxidation sites excluding steroid dienone is 2. The summed E-state index contributed by atoms with van der Waals surface area (Å²) >= 11 is 0.